The first kappa shape index (κ1) is 11.2. The fraction of sp³-hybridized carbons (Fsp3) is 0.429. The Morgan fingerprint density at radius 1 is 1.18 bits per heavy atom. The van der Waals surface area contributed by atoms with E-state index < -0.39 is 0 Å². The zero-order chi connectivity index (χ0) is 11.7. The number of halogens is 1. The predicted molar refractivity (Wildman–Crippen MR) is 70.9 cm³/mol. The van der Waals surface area contributed by atoms with Gasteiger partial charge in [0.25, 0.3) is 0 Å². The highest BCUT2D eigenvalue weighted by atomic mass is 32.1. The molecule has 0 saturated carbocycles. The molecule has 17 heavy (non-hydrogen) atoms. The Balaban J connectivity index is 1.86. The molecule has 0 atom stereocenters. The van der Waals surface area contributed by atoms with Crippen LogP contribution in [0.3, 0.4) is 0 Å². The van der Waals surface area contributed by atoms with Gasteiger partial charge in [-0.25, -0.2) is 4.39 Å². The summed E-state index contributed by atoms with van der Waals surface area (Å²) in [5.74, 6) is -0.129. The standard InChI is InChI=1S/C14H16FNS/c15-12-4-5-14-13(8-12)11(10-17-14)9-16-6-2-1-3-7-16/h4-5,8,10H,1-3,6-7,9H2. The number of benzene rings is 1. The van der Waals surface area contributed by atoms with Gasteiger partial charge < -0.3 is 0 Å². The summed E-state index contributed by atoms with van der Waals surface area (Å²) in [5, 5.41) is 3.28. The molecule has 2 aromatic rings. The van der Waals surface area contributed by atoms with Gasteiger partial charge in [0.15, 0.2) is 0 Å². The van der Waals surface area contributed by atoms with Crippen molar-refractivity contribution in [2.75, 3.05) is 13.1 Å². The first-order valence-electron chi connectivity index (χ1n) is 6.21. The molecular formula is C14H16FNS. The second kappa shape index (κ2) is 4.75. The maximum Gasteiger partial charge on any atom is 0.123 e. The van der Waals surface area contributed by atoms with Gasteiger partial charge in [0.05, 0.1) is 0 Å². The van der Waals surface area contributed by atoms with E-state index in [1.807, 2.05) is 6.07 Å². The molecule has 1 aliphatic rings. The fourth-order valence-electron chi connectivity index (χ4n) is 2.53. The Morgan fingerprint density at radius 2 is 2.00 bits per heavy atom. The van der Waals surface area contributed by atoms with Gasteiger partial charge >= 0.3 is 0 Å². The molecule has 0 amide bonds. The summed E-state index contributed by atoms with van der Waals surface area (Å²) in [6, 6.07) is 5.10. The number of hydrogen-bond acceptors (Lipinski definition) is 2. The van der Waals surface area contributed by atoms with Gasteiger partial charge in [-0.1, -0.05) is 6.42 Å². The number of hydrogen-bond donors (Lipinski definition) is 0. The minimum atomic E-state index is -0.129. The van der Waals surface area contributed by atoms with Crippen LogP contribution in [0.4, 0.5) is 4.39 Å². The Morgan fingerprint density at radius 3 is 2.82 bits per heavy atom. The average Bonchev–Trinajstić information content (AvgIpc) is 2.73. The van der Waals surface area contributed by atoms with Crippen molar-refractivity contribution in [1.29, 1.82) is 0 Å². The minimum absolute atomic E-state index is 0.129. The molecule has 0 radical (unpaired) electrons. The molecule has 0 aliphatic carbocycles. The predicted octanol–water partition coefficient (Wildman–Crippen LogP) is 4.03. The van der Waals surface area contributed by atoms with E-state index in [9.17, 15) is 4.39 Å². The normalized spacial score (nSPS) is 17.7. The molecule has 3 rings (SSSR count). The molecule has 0 unspecified atom stereocenters. The van der Waals surface area contributed by atoms with Crippen LogP contribution in [-0.4, -0.2) is 18.0 Å². The number of likely N-dealkylation sites (tertiary alicyclic amines) is 1. The van der Waals surface area contributed by atoms with Crippen LogP contribution in [0.15, 0.2) is 23.6 Å². The molecular weight excluding hydrogens is 233 g/mol. The van der Waals surface area contributed by atoms with Gasteiger partial charge in [0, 0.05) is 11.2 Å². The lowest BCUT2D eigenvalue weighted by molar-refractivity contribution is 0.222. The lowest BCUT2D eigenvalue weighted by Crippen LogP contribution is -2.28. The van der Waals surface area contributed by atoms with Gasteiger partial charge in [0.2, 0.25) is 0 Å². The smallest absolute Gasteiger partial charge is 0.123 e. The molecule has 0 N–H and O–H groups in total. The average molecular weight is 249 g/mol. The van der Waals surface area contributed by atoms with Gasteiger partial charge in [-0.3, -0.25) is 4.90 Å². The molecule has 1 aromatic heterocycles. The molecule has 1 fully saturated rings. The van der Waals surface area contributed by atoms with Crippen molar-refractivity contribution >= 4 is 21.4 Å². The van der Waals surface area contributed by atoms with Gasteiger partial charge in [0.1, 0.15) is 5.82 Å². The largest absolute Gasteiger partial charge is 0.299 e. The van der Waals surface area contributed by atoms with E-state index in [1.54, 1.807) is 23.5 Å². The zero-order valence-corrected chi connectivity index (χ0v) is 10.6. The van der Waals surface area contributed by atoms with E-state index >= 15 is 0 Å². The quantitative estimate of drug-likeness (QED) is 0.777. The highest BCUT2D eigenvalue weighted by Gasteiger charge is 2.13. The Labute approximate surface area is 105 Å². The molecule has 2 heterocycles. The van der Waals surface area contributed by atoms with Crippen LogP contribution in [0, 0.1) is 5.82 Å². The third-order valence-corrected chi connectivity index (χ3v) is 4.47. The lowest BCUT2D eigenvalue weighted by atomic mass is 10.1. The van der Waals surface area contributed by atoms with Gasteiger partial charge in [-0.2, -0.15) is 0 Å². The highest BCUT2D eigenvalue weighted by molar-refractivity contribution is 7.17. The first-order valence-corrected chi connectivity index (χ1v) is 7.09. The van der Waals surface area contributed by atoms with E-state index in [1.165, 1.54) is 42.6 Å². The topological polar surface area (TPSA) is 3.24 Å². The summed E-state index contributed by atoms with van der Waals surface area (Å²) in [7, 11) is 0. The lowest BCUT2D eigenvalue weighted by Gasteiger charge is -2.26. The number of rotatable bonds is 2. The van der Waals surface area contributed by atoms with Crippen molar-refractivity contribution < 1.29 is 4.39 Å². The van der Waals surface area contributed by atoms with Crippen molar-refractivity contribution in [3.63, 3.8) is 0 Å². The van der Waals surface area contributed by atoms with Gasteiger partial charge in [-0.15, -0.1) is 11.3 Å². The van der Waals surface area contributed by atoms with Crippen molar-refractivity contribution in [3.05, 3.63) is 35.0 Å². The zero-order valence-electron chi connectivity index (χ0n) is 9.79. The Kier molecular flexibility index (Phi) is 3.12. The van der Waals surface area contributed by atoms with Crippen LogP contribution >= 0.6 is 11.3 Å². The fourth-order valence-corrected chi connectivity index (χ4v) is 3.47. The Hall–Kier alpha value is -0.930. The van der Waals surface area contributed by atoms with E-state index in [0.717, 1.165) is 11.9 Å². The molecule has 0 bridgehead atoms. The maximum atomic E-state index is 13.3. The van der Waals surface area contributed by atoms with E-state index in [4.69, 9.17) is 0 Å². The second-order valence-corrected chi connectivity index (χ2v) is 5.65. The van der Waals surface area contributed by atoms with E-state index in [0.29, 0.717) is 0 Å². The number of thiophene rings is 1. The van der Waals surface area contributed by atoms with Crippen LogP contribution in [0.2, 0.25) is 0 Å². The molecule has 3 heteroatoms. The van der Waals surface area contributed by atoms with Crippen LogP contribution in [0.1, 0.15) is 24.8 Å². The van der Waals surface area contributed by atoms with Crippen LogP contribution < -0.4 is 0 Å². The van der Waals surface area contributed by atoms with E-state index in [-0.39, 0.29) is 5.82 Å². The molecule has 1 nitrogen and oxygen atoms in total. The van der Waals surface area contributed by atoms with Crippen LogP contribution in [0.5, 0.6) is 0 Å². The summed E-state index contributed by atoms with van der Waals surface area (Å²) >= 11 is 1.72. The van der Waals surface area contributed by atoms with Crippen molar-refractivity contribution in [2.24, 2.45) is 0 Å². The number of fused-ring (bicyclic) bond motifs is 1. The summed E-state index contributed by atoms with van der Waals surface area (Å²) in [4.78, 5) is 2.48. The SMILES string of the molecule is Fc1ccc2scc(CN3CCCCC3)c2c1. The summed E-state index contributed by atoms with van der Waals surface area (Å²) in [5.41, 5.74) is 1.28. The second-order valence-electron chi connectivity index (χ2n) is 4.74. The summed E-state index contributed by atoms with van der Waals surface area (Å²) < 4.78 is 14.5. The molecule has 1 aliphatic heterocycles. The minimum Gasteiger partial charge on any atom is -0.299 e. The monoisotopic (exact) mass is 249 g/mol. The maximum absolute atomic E-state index is 13.3. The third-order valence-electron chi connectivity index (χ3n) is 3.46. The Bertz CT molecular complexity index is 514. The number of piperidine rings is 1. The van der Waals surface area contributed by atoms with Crippen molar-refractivity contribution in [3.8, 4) is 0 Å². The van der Waals surface area contributed by atoms with E-state index in [2.05, 4.69) is 10.3 Å². The van der Waals surface area contributed by atoms with Crippen LogP contribution in [0.25, 0.3) is 10.1 Å². The van der Waals surface area contributed by atoms with Crippen LogP contribution in [-0.2, 0) is 6.54 Å². The first-order chi connectivity index (χ1) is 8.33. The summed E-state index contributed by atoms with van der Waals surface area (Å²) in [6.07, 6.45) is 3.96. The number of nitrogens with zero attached hydrogens (tertiary/aromatic N) is 1. The molecule has 1 saturated heterocycles. The molecule has 0 spiro atoms. The van der Waals surface area contributed by atoms with Gasteiger partial charge in [-0.05, 0) is 60.5 Å². The van der Waals surface area contributed by atoms with Crippen molar-refractivity contribution in [2.45, 2.75) is 25.8 Å². The van der Waals surface area contributed by atoms with Crippen molar-refractivity contribution in [1.82, 2.24) is 4.90 Å². The molecule has 1 aromatic carbocycles. The summed E-state index contributed by atoms with van der Waals surface area (Å²) in [6.45, 7) is 3.35. The highest BCUT2D eigenvalue weighted by Crippen LogP contribution is 2.28. The molecule has 90 valence electrons. The third kappa shape index (κ3) is 2.35.